The van der Waals surface area contributed by atoms with Crippen molar-refractivity contribution in [2.24, 2.45) is 0 Å². The molecule has 3 aromatic heterocycles. The van der Waals surface area contributed by atoms with E-state index in [1.165, 1.54) is 55.2 Å². The summed E-state index contributed by atoms with van der Waals surface area (Å²) in [4.78, 5) is 4.74. The van der Waals surface area contributed by atoms with E-state index in [-0.39, 0.29) is 0 Å². The fraction of sp³-hybridized carbons (Fsp3) is 0.0882. The van der Waals surface area contributed by atoms with Gasteiger partial charge in [0, 0.05) is 61.7 Å². The molecule has 72 heavy (non-hydrogen) atoms. The second kappa shape index (κ2) is 17.5. The summed E-state index contributed by atoms with van der Waals surface area (Å²) in [5.74, 6) is 0.874. The van der Waals surface area contributed by atoms with Crippen LogP contribution < -0.4 is 9.80 Å². The Hall–Kier alpha value is -8.86. The first-order chi connectivity index (χ1) is 35.3. The van der Waals surface area contributed by atoms with Gasteiger partial charge in [-0.15, -0.1) is 0 Å². The van der Waals surface area contributed by atoms with E-state index in [0.29, 0.717) is 11.8 Å². The second-order valence-electron chi connectivity index (χ2n) is 19.8. The smallest absolute Gasteiger partial charge is 0.161 e. The van der Waals surface area contributed by atoms with Gasteiger partial charge in [-0.3, -0.25) is 0 Å². The Labute approximate surface area is 420 Å². The predicted molar refractivity (Wildman–Crippen MR) is 305 cm³/mol. The Kier molecular flexibility index (Phi) is 10.5. The average Bonchev–Trinajstić information content (AvgIpc) is 4.08. The van der Waals surface area contributed by atoms with E-state index >= 15 is 0 Å². The van der Waals surface area contributed by atoms with Gasteiger partial charge in [-0.2, -0.15) is 0 Å². The third kappa shape index (κ3) is 7.38. The summed E-state index contributed by atoms with van der Waals surface area (Å²) in [5, 5.41) is 4.57. The van der Waals surface area contributed by atoms with Gasteiger partial charge in [0.2, 0.25) is 0 Å². The minimum absolute atomic E-state index is 0.436. The highest BCUT2D eigenvalue weighted by atomic mass is 16.3. The summed E-state index contributed by atoms with van der Waals surface area (Å²) in [6, 6.07) is 86.3. The van der Waals surface area contributed by atoms with Crippen molar-refractivity contribution in [2.75, 3.05) is 9.80 Å². The molecule has 0 spiro atoms. The van der Waals surface area contributed by atoms with Crippen LogP contribution in [0.15, 0.2) is 241 Å². The molecule has 0 aliphatic carbocycles. The van der Waals surface area contributed by atoms with Gasteiger partial charge in [-0.25, -0.2) is 0 Å². The normalized spacial score (nSPS) is 11.9. The second-order valence-corrected chi connectivity index (χ2v) is 19.8. The van der Waals surface area contributed by atoms with Crippen molar-refractivity contribution < 1.29 is 4.42 Å². The number of rotatable bonds is 11. The fourth-order valence-electron chi connectivity index (χ4n) is 10.9. The standard InChI is InChI=1S/C68H53N3O/c1-44(2)46-20-28-54(29-21-46)69(56-32-24-51(25-33-56)48-14-8-5-9-15-48)58-37-39-64-61(42-58)62-40-53(50-18-12-7-13-19-50)41-63-66(62)71(64)67-60-38-36-59(43-65(60)72-68(63)67)70(55-30-22-47(23-31-55)45(3)4)57-34-26-52(27-35-57)49-16-10-6-11-17-49/h5-45H,1-4H3. The molecule has 0 bridgehead atoms. The maximum Gasteiger partial charge on any atom is 0.161 e. The molecule has 0 atom stereocenters. The van der Waals surface area contributed by atoms with Crippen molar-refractivity contribution in [3.63, 3.8) is 0 Å². The minimum Gasteiger partial charge on any atom is -0.454 e. The minimum atomic E-state index is 0.436. The molecule has 0 unspecified atom stereocenters. The molecular weight excluding hydrogens is 875 g/mol. The van der Waals surface area contributed by atoms with Crippen LogP contribution in [0.2, 0.25) is 0 Å². The van der Waals surface area contributed by atoms with Crippen molar-refractivity contribution in [3.8, 4) is 33.4 Å². The highest BCUT2D eigenvalue weighted by Crippen LogP contribution is 2.48. The molecule has 0 N–H and O–H groups in total. The molecule has 0 fully saturated rings. The zero-order valence-corrected chi connectivity index (χ0v) is 40.9. The van der Waals surface area contributed by atoms with Gasteiger partial charge in [0.05, 0.1) is 11.0 Å². The first-order valence-corrected chi connectivity index (χ1v) is 25.2. The largest absolute Gasteiger partial charge is 0.454 e. The van der Waals surface area contributed by atoms with Crippen molar-refractivity contribution in [1.82, 2.24) is 4.40 Å². The maximum atomic E-state index is 7.16. The summed E-state index contributed by atoms with van der Waals surface area (Å²) in [5.41, 5.74) is 21.4. The lowest BCUT2D eigenvalue weighted by Gasteiger charge is -2.26. The van der Waals surface area contributed by atoms with Crippen molar-refractivity contribution in [2.45, 2.75) is 39.5 Å². The van der Waals surface area contributed by atoms with Crippen LogP contribution >= 0.6 is 0 Å². The third-order valence-corrected chi connectivity index (χ3v) is 14.7. The summed E-state index contributed by atoms with van der Waals surface area (Å²) < 4.78 is 9.62. The third-order valence-electron chi connectivity index (χ3n) is 14.7. The summed E-state index contributed by atoms with van der Waals surface area (Å²) in [6.45, 7) is 8.99. The lowest BCUT2D eigenvalue weighted by molar-refractivity contribution is 0.673. The van der Waals surface area contributed by atoms with Crippen LogP contribution in [-0.2, 0) is 0 Å². The number of hydrogen-bond donors (Lipinski definition) is 0. The van der Waals surface area contributed by atoms with Gasteiger partial charge in [-0.05, 0) is 147 Å². The molecule has 0 aliphatic heterocycles. The van der Waals surface area contributed by atoms with Crippen LogP contribution in [0.3, 0.4) is 0 Å². The lowest BCUT2D eigenvalue weighted by Crippen LogP contribution is -2.10. The van der Waals surface area contributed by atoms with Gasteiger partial charge < -0.3 is 18.6 Å². The van der Waals surface area contributed by atoms with E-state index in [2.05, 4.69) is 278 Å². The number of nitrogens with zero attached hydrogens (tertiary/aromatic N) is 3. The van der Waals surface area contributed by atoms with E-state index in [1.54, 1.807) is 0 Å². The molecule has 3 heterocycles. The molecule has 0 amide bonds. The Morgan fingerprint density at radius 1 is 0.319 bits per heavy atom. The van der Waals surface area contributed by atoms with Gasteiger partial charge in [0.25, 0.3) is 0 Å². The van der Waals surface area contributed by atoms with Crippen LogP contribution in [-0.4, -0.2) is 4.40 Å². The van der Waals surface area contributed by atoms with Crippen molar-refractivity contribution in [3.05, 3.63) is 248 Å². The van der Waals surface area contributed by atoms with Gasteiger partial charge in [0.1, 0.15) is 11.1 Å². The maximum absolute atomic E-state index is 7.16. The van der Waals surface area contributed by atoms with Gasteiger partial charge in [0.15, 0.2) is 5.58 Å². The zero-order valence-electron chi connectivity index (χ0n) is 40.9. The lowest BCUT2D eigenvalue weighted by atomic mass is 10.00. The Morgan fingerprint density at radius 2 is 0.722 bits per heavy atom. The number of furan rings is 1. The average molecular weight is 928 g/mol. The summed E-state index contributed by atoms with van der Waals surface area (Å²) >= 11 is 0. The first-order valence-electron chi connectivity index (χ1n) is 25.2. The molecule has 4 heteroatoms. The molecule has 0 saturated carbocycles. The number of benzene rings is 10. The Morgan fingerprint density at radius 3 is 1.21 bits per heavy atom. The number of hydrogen-bond acceptors (Lipinski definition) is 3. The Balaban J connectivity index is 0.994. The fourth-order valence-corrected chi connectivity index (χ4v) is 10.9. The predicted octanol–water partition coefficient (Wildman–Crippen LogP) is 19.8. The van der Waals surface area contributed by atoms with E-state index in [4.69, 9.17) is 4.42 Å². The SMILES string of the molecule is CC(C)c1ccc(N(c2ccc(-c3ccccc3)cc2)c2ccc3c(c2)oc2c4cc(-c5ccccc5)cc5c6cc(N(c7ccc(-c8ccccc8)cc7)c7ccc(C(C)C)cc7)ccc6n(c54)c32)cc1. The number of fused-ring (bicyclic) bond motifs is 8. The molecule has 13 aromatic rings. The number of aromatic nitrogens is 1. The van der Waals surface area contributed by atoms with E-state index < -0.39 is 0 Å². The van der Waals surface area contributed by atoms with Crippen LogP contribution in [0.5, 0.6) is 0 Å². The monoisotopic (exact) mass is 927 g/mol. The highest BCUT2D eigenvalue weighted by Gasteiger charge is 2.26. The number of anilines is 6. The first kappa shape index (κ1) is 43.2. The van der Waals surface area contributed by atoms with E-state index in [0.717, 1.165) is 72.7 Å². The molecule has 13 rings (SSSR count). The van der Waals surface area contributed by atoms with Crippen LogP contribution in [0.25, 0.3) is 82.6 Å². The highest BCUT2D eigenvalue weighted by molar-refractivity contribution is 6.27. The Bertz CT molecular complexity index is 4040. The van der Waals surface area contributed by atoms with E-state index in [9.17, 15) is 0 Å². The molecule has 346 valence electrons. The van der Waals surface area contributed by atoms with Crippen molar-refractivity contribution >= 4 is 83.4 Å². The molecule has 4 nitrogen and oxygen atoms in total. The zero-order chi connectivity index (χ0) is 48.5. The summed E-state index contributed by atoms with van der Waals surface area (Å²) in [6.07, 6.45) is 0. The summed E-state index contributed by atoms with van der Waals surface area (Å²) in [7, 11) is 0. The molecule has 0 saturated heterocycles. The molecule has 10 aromatic carbocycles. The van der Waals surface area contributed by atoms with Crippen LogP contribution in [0.4, 0.5) is 34.1 Å². The van der Waals surface area contributed by atoms with Gasteiger partial charge >= 0.3 is 0 Å². The molecule has 0 aliphatic rings. The van der Waals surface area contributed by atoms with Gasteiger partial charge in [-0.1, -0.05) is 167 Å². The quantitative estimate of drug-likeness (QED) is 0.129. The molecule has 0 radical (unpaired) electrons. The van der Waals surface area contributed by atoms with Crippen LogP contribution in [0.1, 0.15) is 50.7 Å². The topological polar surface area (TPSA) is 24.0 Å². The van der Waals surface area contributed by atoms with Crippen LogP contribution in [0, 0.1) is 0 Å². The van der Waals surface area contributed by atoms with Crippen molar-refractivity contribution in [1.29, 1.82) is 0 Å². The van der Waals surface area contributed by atoms with E-state index in [1.807, 2.05) is 0 Å². The molecular formula is C68H53N3O.